The Bertz CT molecular complexity index is 586. The zero-order chi connectivity index (χ0) is 14.5. The lowest BCUT2D eigenvalue weighted by Gasteiger charge is -2.18. The average Bonchev–Trinajstić information content (AvgIpc) is 2.40. The second kappa shape index (κ2) is 6.97. The lowest BCUT2D eigenvalue weighted by Crippen LogP contribution is -2.18. The molecule has 0 unspecified atom stereocenters. The summed E-state index contributed by atoms with van der Waals surface area (Å²) in [6, 6.07) is 13.1. The zero-order valence-corrected chi connectivity index (χ0v) is 13.0. The molecule has 2 aromatic rings. The average molecular weight is 337 g/mol. The van der Waals surface area contributed by atoms with Crippen LogP contribution >= 0.6 is 15.9 Å². The molecule has 0 bridgehead atoms. The second-order valence-electron chi connectivity index (χ2n) is 4.94. The summed E-state index contributed by atoms with van der Waals surface area (Å²) in [5.41, 5.74) is 8.56. The largest absolute Gasteiger partial charge is 0.326 e. The summed E-state index contributed by atoms with van der Waals surface area (Å²) < 4.78 is 14.6. The molecule has 0 amide bonds. The fourth-order valence-electron chi connectivity index (χ4n) is 2.21. The third kappa shape index (κ3) is 4.13. The Morgan fingerprint density at radius 2 is 1.80 bits per heavy atom. The van der Waals surface area contributed by atoms with Gasteiger partial charge in [-0.05, 0) is 41.9 Å². The number of benzene rings is 2. The fourth-order valence-corrected chi connectivity index (χ4v) is 2.62. The van der Waals surface area contributed by atoms with E-state index in [4.69, 9.17) is 5.73 Å². The molecule has 0 saturated heterocycles. The molecule has 0 saturated carbocycles. The summed E-state index contributed by atoms with van der Waals surface area (Å²) in [6.07, 6.45) is 0. The van der Waals surface area contributed by atoms with E-state index in [0.717, 1.165) is 22.1 Å². The van der Waals surface area contributed by atoms with E-state index < -0.39 is 0 Å². The van der Waals surface area contributed by atoms with Crippen LogP contribution in [0.15, 0.2) is 46.9 Å². The summed E-state index contributed by atoms with van der Waals surface area (Å²) >= 11 is 3.54. The highest BCUT2D eigenvalue weighted by atomic mass is 79.9. The normalized spacial score (nSPS) is 11.1. The van der Waals surface area contributed by atoms with Crippen LogP contribution in [-0.4, -0.2) is 11.9 Å². The molecular weight excluding hydrogens is 319 g/mol. The Labute approximate surface area is 127 Å². The molecule has 106 valence electrons. The molecule has 0 aromatic heterocycles. The van der Waals surface area contributed by atoms with Crippen LogP contribution in [0.25, 0.3) is 0 Å². The van der Waals surface area contributed by atoms with Gasteiger partial charge in [-0.3, -0.25) is 4.90 Å². The highest BCUT2D eigenvalue weighted by molar-refractivity contribution is 9.10. The summed E-state index contributed by atoms with van der Waals surface area (Å²) in [5, 5.41) is 0. The van der Waals surface area contributed by atoms with Gasteiger partial charge in [0.25, 0.3) is 0 Å². The van der Waals surface area contributed by atoms with Crippen molar-refractivity contribution in [2.75, 3.05) is 7.05 Å². The number of hydrogen-bond acceptors (Lipinski definition) is 2. The van der Waals surface area contributed by atoms with Gasteiger partial charge >= 0.3 is 0 Å². The Kier molecular flexibility index (Phi) is 5.29. The molecule has 20 heavy (non-hydrogen) atoms. The Morgan fingerprint density at radius 3 is 2.50 bits per heavy atom. The first kappa shape index (κ1) is 15.2. The van der Waals surface area contributed by atoms with Gasteiger partial charge in [-0.25, -0.2) is 4.39 Å². The van der Waals surface area contributed by atoms with E-state index in [1.54, 1.807) is 6.07 Å². The van der Waals surface area contributed by atoms with Crippen LogP contribution in [0.2, 0.25) is 0 Å². The van der Waals surface area contributed by atoms with Crippen molar-refractivity contribution < 1.29 is 4.39 Å². The second-order valence-corrected chi connectivity index (χ2v) is 5.79. The van der Waals surface area contributed by atoms with E-state index in [-0.39, 0.29) is 5.82 Å². The maximum absolute atomic E-state index is 13.5. The van der Waals surface area contributed by atoms with Crippen molar-refractivity contribution in [3.8, 4) is 0 Å². The molecule has 4 heteroatoms. The molecule has 0 heterocycles. The van der Waals surface area contributed by atoms with Gasteiger partial charge in [0.1, 0.15) is 5.82 Å². The number of nitrogens with two attached hydrogens (primary N) is 1. The smallest absolute Gasteiger partial charge is 0.123 e. The van der Waals surface area contributed by atoms with Crippen LogP contribution in [0.1, 0.15) is 16.7 Å². The SMILES string of the molecule is CN(Cc1cc(F)cc(CN)c1)Cc1ccccc1Br. The number of hydrogen-bond donors (Lipinski definition) is 1. The minimum atomic E-state index is -0.225. The van der Waals surface area contributed by atoms with Gasteiger partial charge in [0, 0.05) is 24.1 Å². The van der Waals surface area contributed by atoms with Gasteiger partial charge in [-0.1, -0.05) is 40.2 Å². The van der Waals surface area contributed by atoms with Crippen molar-refractivity contribution in [2.45, 2.75) is 19.6 Å². The molecule has 2 N–H and O–H groups in total. The first-order chi connectivity index (χ1) is 9.58. The molecule has 0 aliphatic rings. The molecule has 0 spiro atoms. The van der Waals surface area contributed by atoms with E-state index in [1.165, 1.54) is 11.6 Å². The van der Waals surface area contributed by atoms with Crippen LogP contribution < -0.4 is 5.73 Å². The van der Waals surface area contributed by atoms with Crippen molar-refractivity contribution >= 4 is 15.9 Å². The third-order valence-electron chi connectivity index (χ3n) is 3.10. The van der Waals surface area contributed by atoms with Gasteiger partial charge in [0.05, 0.1) is 0 Å². The number of halogens is 2. The van der Waals surface area contributed by atoms with E-state index in [9.17, 15) is 4.39 Å². The number of rotatable bonds is 5. The van der Waals surface area contributed by atoms with Crippen LogP contribution in [0.5, 0.6) is 0 Å². The minimum Gasteiger partial charge on any atom is -0.326 e. The lowest BCUT2D eigenvalue weighted by atomic mass is 10.1. The van der Waals surface area contributed by atoms with Crippen LogP contribution in [0.3, 0.4) is 0 Å². The topological polar surface area (TPSA) is 29.3 Å². The first-order valence-electron chi connectivity index (χ1n) is 6.49. The lowest BCUT2D eigenvalue weighted by molar-refractivity contribution is 0.318. The summed E-state index contributed by atoms with van der Waals surface area (Å²) in [6.45, 7) is 1.85. The summed E-state index contributed by atoms with van der Waals surface area (Å²) in [4.78, 5) is 2.15. The highest BCUT2D eigenvalue weighted by Crippen LogP contribution is 2.18. The molecule has 2 aromatic carbocycles. The third-order valence-corrected chi connectivity index (χ3v) is 3.88. The van der Waals surface area contributed by atoms with Gasteiger partial charge < -0.3 is 5.73 Å². The fraction of sp³-hybridized carbons (Fsp3) is 0.250. The quantitative estimate of drug-likeness (QED) is 0.902. The predicted molar refractivity (Wildman–Crippen MR) is 83.6 cm³/mol. The maximum atomic E-state index is 13.5. The van der Waals surface area contributed by atoms with E-state index in [0.29, 0.717) is 13.1 Å². The van der Waals surface area contributed by atoms with E-state index in [2.05, 4.69) is 26.9 Å². The molecule has 0 aliphatic carbocycles. The van der Waals surface area contributed by atoms with Crippen molar-refractivity contribution in [1.82, 2.24) is 4.90 Å². The van der Waals surface area contributed by atoms with Gasteiger partial charge in [-0.15, -0.1) is 0 Å². The van der Waals surface area contributed by atoms with Crippen LogP contribution in [-0.2, 0) is 19.6 Å². The van der Waals surface area contributed by atoms with Crippen molar-refractivity contribution in [3.63, 3.8) is 0 Å². The van der Waals surface area contributed by atoms with Crippen LogP contribution in [0, 0.1) is 5.82 Å². The molecular formula is C16H18BrFN2. The molecule has 0 atom stereocenters. The zero-order valence-electron chi connectivity index (χ0n) is 11.4. The summed E-state index contributed by atoms with van der Waals surface area (Å²) in [7, 11) is 2.02. The van der Waals surface area contributed by atoms with Crippen molar-refractivity contribution in [2.24, 2.45) is 5.73 Å². The standard InChI is InChI=1S/C16H18BrFN2/c1-20(11-14-4-2-3-5-16(14)17)10-13-6-12(9-19)7-15(18)8-13/h2-8H,9-11,19H2,1H3. The first-order valence-corrected chi connectivity index (χ1v) is 7.28. The Morgan fingerprint density at radius 1 is 1.10 bits per heavy atom. The Hall–Kier alpha value is -1.23. The van der Waals surface area contributed by atoms with E-state index >= 15 is 0 Å². The predicted octanol–water partition coefficient (Wildman–Crippen LogP) is 3.68. The van der Waals surface area contributed by atoms with Gasteiger partial charge in [0.15, 0.2) is 0 Å². The molecule has 2 rings (SSSR count). The minimum absolute atomic E-state index is 0.225. The van der Waals surface area contributed by atoms with Crippen molar-refractivity contribution in [3.05, 3.63) is 69.4 Å². The van der Waals surface area contributed by atoms with Crippen LogP contribution in [0.4, 0.5) is 4.39 Å². The monoisotopic (exact) mass is 336 g/mol. The summed E-state index contributed by atoms with van der Waals surface area (Å²) in [5.74, 6) is -0.225. The number of nitrogens with zero attached hydrogens (tertiary/aromatic N) is 1. The molecule has 0 fully saturated rings. The molecule has 0 radical (unpaired) electrons. The van der Waals surface area contributed by atoms with E-state index in [1.807, 2.05) is 31.3 Å². The Balaban J connectivity index is 2.06. The van der Waals surface area contributed by atoms with Gasteiger partial charge in [0.2, 0.25) is 0 Å². The molecule has 2 nitrogen and oxygen atoms in total. The van der Waals surface area contributed by atoms with Crippen molar-refractivity contribution in [1.29, 1.82) is 0 Å². The maximum Gasteiger partial charge on any atom is 0.123 e. The highest BCUT2D eigenvalue weighted by Gasteiger charge is 2.06. The molecule has 0 aliphatic heterocycles. The van der Waals surface area contributed by atoms with Gasteiger partial charge in [-0.2, -0.15) is 0 Å².